The molecule has 1 aliphatic carbocycles. The van der Waals surface area contributed by atoms with Gasteiger partial charge in [0.05, 0.1) is 5.69 Å². The van der Waals surface area contributed by atoms with Crippen LogP contribution in [0, 0.1) is 6.92 Å². The fourth-order valence-electron chi connectivity index (χ4n) is 1.91. The minimum absolute atomic E-state index is 0.440. The molecular weight excluding hydrogens is 170 g/mol. The monoisotopic (exact) mass is 181 g/mol. The van der Waals surface area contributed by atoms with E-state index < -0.39 is 11.5 Å². The van der Waals surface area contributed by atoms with E-state index >= 15 is 0 Å². The molecule has 0 aliphatic heterocycles. The van der Waals surface area contributed by atoms with Crippen LogP contribution in [0.25, 0.3) is 0 Å². The topological polar surface area (TPSA) is 92.0 Å². The van der Waals surface area contributed by atoms with Crippen molar-refractivity contribution in [3.63, 3.8) is 0 Å². The van der Waals surface area contributed by atoms with Crippen molar-refractivity contribution in [3.8, 4) is 0 Å². The second kappa shape index (κ2) is 2.32. The predicted octanol–water partition coefficient (Wildman–Crippen LogP) is -0.0971. The van der Waals surface area contributed by atoms with Gasteiger partial charge >= 0.3 is 5.97 Å². The summed E-state index contributed by atoms with van der Waals surface area (Å²) in [6.45, 7) is 1.79. The molecule has 1 unspecified atom stereocenters. The van der Waals surface area contributed by atoms with E-state index in [1.54, 1.807) is 6.92 Å². The molecule has 0 saturated carbocycles. The van der Waals surface area contributed by atoms with Gasteiger partial charge in [-0.2, -0.15) is 5.10 Å². The van der Waals surface area contributed by atoms with Crippen LogP contribution in [0.1, 0.15) is 23.4 Å². The number of aliphatic carboxylic acids is 1. The summed E-state index contributed by atoms with van der Waals surface area (Å²) in [6, 6.07) is 0. The summed E-state index contributed by atoms with van der Waals surface area (Å²) in [7, 11) is 0. The standard InChI is InChI=1S/C8H11N3O2/c1-4-6-5(11-10-4)2-3-8(6,9)7(12)13/h2-3,9H2,1H3,(H,10,11)(H,12,13). The maximum Gasteiger partial charge on any atom is 0.328 e. The number of nitrogens with one attached hydrogen (secondary N) is 1. The minimum Gasteiger partial charge on any atom is -0.480 e. The van der Waals surface area contributed by atoms with E-state index in [0.29, 0.717) is 18.4 Å². The van der Waals surface area contributed by atoms with Crippen molar-refractivity contribution in [1.29, 1.82) is 0 Å². The Morgan fingerprint density at radius 3 is 3.08 bits per heavy atom. The Kier molecular flexibility index (Phi) is 1.47. The van der Waals surface area contributed by atoms with E-state index in [1.807, 2.05) is 0 Å². The number of carboxylic acid groups (broad SMARTS) is 1. The van der Waals surface area contributed by atoms with Crippen molar-refractivity contribution in [1.82, 2.24) is 10.2 Å². The summed E-state index contributed by atoms with van der Waals surface area (Å²) >= 11 is 0. The van der Waals surface area contributed by atoms with Crippen LogP contribution in [0.5, 0.6) is 0 Å². The van der Waals surface area contributed by atoms with Gasteiger partial charge in [-0.05, 0) is 19.8 Å². The first-order valence-corrected chi connectivity index (χ1v) is 4.12. The molecule has 1 aliphatic rings. The second-order valence-corrected chi connectivity index (χ2v) is 3.45. The van der Waals surface area contributed by atoms with Crippen molar-refractivity contribution < 1.29 is 9.90 Å². The van der Waals surface area contributed by atoms with E-state index in [2.05, 4.69) is 10.2 Å². The largest absolute Gasteiger partial charge is 0.480 e. The lowest BCUT2D eigenvalue weighted by molar-refractivity contribution is -0.143. The molecule has 0 radical (unpaired) electrons. The Labute approximate surface area is 74.9 Å². The molecule has 5 nitrogen and oxygen atoms in total. The molecule has 0 bridgehead atoms. The normalized spacial score (nSPS) is 26.0. The third-order valence-corrected chi connectivity index (χ3v) is 2.61. The number of carboxylic acids is 1. The Hall–Kier alpha value is -1.36. The summed E-state index contributed by atoms with van der Waals surface area (Å²) < 4.78 is 0. The molecule has 70 valence electrons. The van der Waals surface area contributed by atoms with Gasteiger partial charge in [0, 0.05) is 11.3 Å². The molecule has 0 fully saturated rings. The Morgan fingerprint density at radius 2 is 2.46 bits per heavy atom. The van der Waals surface area contributed by atoms with Crippen molar-refractivity contribution in [3.05, 3.63) is 17.0 Å². The van der Waals surface area contributed by atoms with E-state index in [9.17, 15) is 4.79 Å². The summed E-state index contributed by atoms with van der Waals surface area (Å²) in [5.74, 6) is -0.976. The SMILES string of the molecule is Cc1[nH]nc2c1C(N)(C(=O)O)CC2. The maximum atomic E-state index is 11.0. The summed E-state index contributed by atoms with van der Waals surface area (Å²) in [6.07, 6.45) is 1.08. The molecule has 0 saturated heterocycles. The quantitative estimate of drug-likeness (QED) is 0.564. The Balaban J connectivity index is 2.59. The predicted molar refractivity (Wildman–Crippen MR) is 45.1 cm³/mol. The highest BCUT2D eigenvalue weighted by atomic mass is 16.4. The molecule has 5 heteroatoms. The zero-order valence-corrected chi connectivity index (χ0v) is 7.29. The summed E-state index contributed by atoms with van der Waals surface area (Å²) in [5, 5.41) is 15.8. The van der Waals surface area contributed by atoms with Crippen LogP contribution in [0.3, 0.4) is 0 Å². The van der Waals surface area contributed by atoms with E-state index in [1.165, 1.54) is 0 Å². The number of hydrogen-bond acceptors (Lipinski definition) is 3. The molecule has 13 heavy (non-hydrogen) atoms. The first-order chi connectivity index (χ1) is 6.05. The van der Waals surface area contributed by atoms with Gasteiger partial charge < -0.3 is 10.8 Å². The van der Waals surface area contributed by atoms with Crippen molar-refractivity contribution in [2.24, 2.45) is 5.73 Å². The number of nitrogens with two attached hydrogens (primary N) is 1. The Morgan fingerprint density at radius 1 is 1.77 bits per heavy atom. The smallest absolute Gasteiger partial charge is 0.328 e. The molecule has 0 aromatic carbocycles. The van der Waals surface area contributed by atoms with Crippen LogP contribution in [-0.2, 0) is 16.8 Å². The lowest BCUT2D eigenvalue weighted by Crippen LogP contribution is -2.43. The number of aryl methyl sites for hydroxylation is 2. The van der Waals surface area contributed by atoms with Crippen molar-refractivity contribution >= 4 is 5.97 Å². The molecule has 0 amide bonds. The molecule has 4 N–H and O–H groups in total. The van der Waals surface area contributed by atoms with E-state index in [0.717, 1.165) is 11.4 Å². The third-order valence-electron chi connectivity index (χ3n) is 2.61. The van der Waals surface area contributed by atoms with Crippen LogP contribution < -0.4 is 5.73 Å². The van der Waals surface area contributed by atoms with Crippen molar-refractivity contribution in [2.45, 2.75) is 25.3 Å². The first kappa shape index (κ1) is 8.25. The minimum atomic E-state index is -1.23. The van der Waals surface area contributed by atoms with Crippen LogP contribution >= 0.6 is 0 Å². The van der Waals surface area contributed by atoms with Gasteiger partial charge in [-0.15, -0.1) is 0 Å². The van der Waals surface area contributed by atoms with E-state index in [-0.39, 0.29) is 0 Å². The van der Waals surface area contributed by atoms with Gasteiger partial charge in [0.2, 0.25) is 0 Å². The number of aromatic amines is 1. The number of rotatable bonds is 1. The molecule has 1 atom stereocenters. The number of fused-ring (bicyclic) bond motifs is 1. The highest BCUT2D eigenvalue weighted by molar-refractivity contribution is 5.82. The number of hydrogen-bond donors (Lipinski definition) is 3. The fourth-order valence-corrected chi connectivity index (χ4v) is 1.91. The zero-order chi connectivity index (χ0) is 9.64. The summed E-state index contributed by atoms with van der Waals surface area (Å²) in [5.41, 5.74) is 6.79. The molecule has 0 spiro atoms. The van der Waals surface area contributed by atoms with Gasteiger partial charge in [0.15, 0.2) is 0 Å². The van der Waals surface area contributed by atoms with Gasteiger partial charge in [-0.3, -0.25) is 5.10 Å². The number of carbonyl (C=O) groups is 1. The number of aromatic nitrogens is 2. The summed E-state index contributed by atoms with van der Waals surface area (Å²) in [4.78, 5) is 11.0. The lowest BCUT2D eigenvalue weighted by atomic mass is 9.93. The highest BCUT2D eigenvalue weighted by Gasteiger charge is 2.44. The first-order valence-electron chi connectivity index (χ1n) is 4.12. The second-order valence-electron chi connectivity index (χ2n) is 3.45. The van der Waals surface area contributed by atoms with Gasteiger partial charge in [0.25, 0.3) is 0 Å². The number of nitrogens with zero attached hydrogens (tertiary/aromatic N) is 1. The molecule has 1 aromatic rings. The van der Waals surface area contributed by atoms with Gasteiger partial charge in [-0.25, -0.2) is 4.79 Å². The maximum absolute atomic E-state index is 11.0. The molecular formula is C8H11N3O2. The Bertz CT molecular complexity index is 371. The molecule has 1 heterocycles. The average molecular weight is 181 g/mol. The van der Waals surface area contributed by atoms with E-state index in [4.69, 9.17) is 10.8 Å². The van der Waals surface area contributed by atoms with Crippen molar-refractivity contribution in [2.75, 3.05) is 0 Å². The number of H-pyrrole nitrogens is 1. The molecule has 1 aromatic heterocycles. The van der Waals surface area contributed by atoms with Crippen LogP contribution in [0.2, 0.25) is 0 Å². The third kappa shape index (κ3) is 0.904. The zero-order valence-electron chi connectivity index (χ0n) is 7.29. The highest BCUT2D eigenvalue weighted by Crippen LogP contribution is 2.35. The van der Waals surface area contributed by atoms with Gasteiger partial charge in [-0.1, -0.05) is 0 Å². The average Bonchev–Trinajstić information content (AvgIpc) is 2.57. The van der Waals surface area contributed by atoms with Crippen LogP contribution in [0.15, 0.2) is 0 Å². The lowest BCUT2D eigenvalue weighted by Gasteiger charge is -2.18. The fraction of sp³-hybridized carbons (Fsp3) is 0.500. The van der Waals surface area contributed by atoms with Gasteiger partial charge in [0.1, 0.15) is 5.54 Å². The van der Waals surface area contributed by atoms with Crippen LogP contribution in [0.4, 0.5) is 0 Å². The van der Waals surface area contributed by atoms with Crippen LogP contribution in [-0.4, -0.2) is 21.3 Å². The molecule has 2 rings (SSSR count).